The van der Waals surface area contributed by atoms with E-state index in [9.17, 15) is 22.4 Å². The zero-order chi connectivity index (χ0) is 24.5. The molecule has 1 aromatic carbocycles. The molecule has 0 fully saturated rings. The minimum Gasteiger partial charge on any atom is -0.440 e. The number of nitrogens with zero attached hydrogens (tertiary/aromatic N) is 4. The Bertz CT molecular complexity index is 1580. The van der Waals surface area contributed by atoms with Crippen LogP contribution in [0.15, 0.2) is 58.1 Å². The van der Waals surface area contributed by atoms with Gasteiger partial charge in [-0.05, 0) is 43.6 Å². The van der Waals surface area contributed by atoms with Gasteiger partial charge in [0.1, 0.15) is 22.7 Å². The van der Waals surface area contributed by atoms with Gasteiger partial charge in [0, 0.05) is 23.8 Å². The number of aromatic nitrogens is 3. The molecule has 0 aliphatic carbocycles. The number of benzene rings is 1. The molecule has 11 nitrogen and oxygen atoms in total. The van der Waals surface area contributed by atoms with Gasteiger partial charge in [-0.2, -0.15) is 0 Å². The molecule has 0 amide bonds. The fourth-order valence-electron chi connectivity index (χ4n) is 3.07. The zero-order valence-corrected chi connectivity index (χ0v) is 22.6. The fraction of sp³-hybridized carbons (Fsp3) is 0.0952. The predicted molar refractivity (Wildman–Crippen MR) is 118 cm³/mol. The van der Waals surface area contributed by atoms with Gasteiger partial charge in [-0.3, -0.25) is 4.79 Å². The third-order valence-electron chi connectivity index (χ3n) is 4.70. The molecule has 0 spiro atoms. The number of carbonyl (C=O) groups excluding carboxylic acids is 1. The summed E-state index contributed by atoms with van der Waals surface area (Å²) < 4.78 is 54.0. The Morgan fingerprint density at radius 2 is 1.86 bits per heavy atom. The van der Waals surface area contributed by atoms with E-state index in [2.05, 4.69) is 19.7 Å². The van der Waals surface area contributed by atoms with Gasteiger partial charge in [-0.25, -0.2) is 32.3 Å². The van der Waals surface area contributed by atoms with Gasteiger partial charge in [-0.1, -0.05) is 12.3 Å². The van der Waals surface area contributed by atoms with Crippen LogP contribution in [0.2, 0.25) is 0 Å². The van der Waals surface area contributed by atoms with Gasteiger partial charge in [0.25, 0.3) is 0 Å². The van der Waals surface area contributed by atoms with E-state index < -0.39 is 44.4 Å². The third-order valence-corrected chi connectivity index (χ3v) is 5.63. The molecular formula is C21H15FKN5O6S. The first kappa shape index (κ1) is 27.0. The Hall–Kier alpha value is -2.59. The molecule has 0 radical (unpaired) electrons. The van der Waals surface area contributed by atoms with Crippen molar-refractivity contribution in [2.45, 2.75) is 6.92 Å². The summed E-state index contributed by atoms with van der Waals surface area (Å²) in [5, 5.41) is 0.404. The van der Waals surface area contributed by atoms with Crippen LogP contribution in [-0.2, 0) is 10.2 Å². The van der Waals surface area contributed by atoms with Crippen molar-refractivity contribution in [2.75, 3.05) is 7.05 Å². The summed E-state index contributed by atoms with van der Waals surface area (Å²) in [5.41, 5.74) is -1.66. The molecule has 1 N–H and O–H groups in total. The van der Waals surface area contributed by atoms with Gasteiger partial charge >= 0.3 is 63.0 Å². The molecule has 0 atom stereocenters. The van der Waals surface area contributed by atoms with Crippen molar-refractivity contribution in [3.8, 4) is 11.8 Å². The number of fused-ring (bicyclic) bond motifs is 1. The molecule has 4 rings (SSSR count). The smallest absolute Gasteiger partial charge is 0.440 e. The predicted octanol–water partition coefficient (Wildman–Crippen LogP) is -0.0778. The largest absolute Gasteiger partial charge is 1.00 e. The molecule has 14 heteroatoms. The molecule has 4 aromatic rings. The van der Waals surface area contributed by atoms with Gasteiger partial charge in [0.05, 0.1) is 5.56 Å². The quantitative estimate of drug-likeness (QED) is 0.199. The van der Waals surface area contributed by atoms with Crippen LogP contribution < -0.4 is 66.5 Å². The average Bonchev–Trinajstić information content (AvgIpc) is 2.80. The molecule has 174 valence electrons. The van der Waals surface area contributed by atoms with Gasteiger partial charge in [0.2, 0.25) is 16.0 Å². The zero-order valence-electron chi connectivity index (χ0n) is 18.6. The fourth-order valence-corrected chi connectivity index (χ4v) is 3.52. The van der Waals surface area contributed by atoms with Crippen molar-refractivity contribution in [2.24, 2.45) is 0 Å². The average molecular weight is 524 g/mol. The first-order valence-corrected chi connectivity index (χ1v) is 11.0. The van der Waals surface area contributed by atoms with E-state index in [4.69, 9.17) is 9.15 Å². The third kappa shape index (κ3) is 5.80. The number of nitrogens with one attached hydrogen (secondary N) is 1. The molecule has 0 unspecified atom stereocenters. The molecule has 0 aliphatic heterocycles. The summed E-state index contributed by atoms with van der Waals surface area (Å²) in [6, 6.07) is 7.28. The van der Waals surface area contributed by atoms with Gasteiger partial charge in [-0.15, -0.1) is 0 Å². The van der Waals surface area contributed by atoms with Crippen LogP contribution in [0.3, 0.4) is 0 Å². The number of aryl methyl sites for hydroxylation is 1. The maximum atomic E-state index is 14.9. The van der Waals surface area contributed by atoms with Crippen molar-refractivity contribution in [3.05, 3.63) is 86.6 Å². The number of hydrogen-bond acceptors (Lipinski definition) is 9. The summed E-state index contributed by atoms with van der Waals surface area (Å²) in [6.07, 6.45) is 4.00. The van der Waals surface area contributed by atoms with E-state index in [1.807, 2.05) is 4.72 Å². The van der Waals surface area contributed by atoms with Crippen LogP contribution >= 0.6 is 0 Å². The summed E-state index contributed by atoms with van der Waals surface area (Å²) in [5.74, 6) is -2.84. The number of pyridine rings is 1. The standard InChI is InChI=1S/C21H15FN5O6S.K/c1-11-13-5-4-12(32-21-25-7-3-8-26-21)10-15(13)33-20(29)16(11)18(28)14-6-9-24-19(17(14)22)27-34(30,31)23-2;/h3-10,23H,1-2H3;/q-1;+1. The number of ketones is 1. The van der Waals surface area contributed by atoms with Crippen molar-refractivity contribution in [1.82, 2.24) is 19.7 Å². The molecule has 35 heavy (non-hydrogen) atoms. The van der Waals surface area contributed by atoms with E-state index in [1.54, 1.807) is 18.2 Å². The molecule has 0 saturated carbocycles. The molecular weight excluding hydrogens is 508 g/mol. The van der Waals surface area contributed by atoms with E-state index >= 15 is 0 Å². The van der Waals surface area contributed by atoms with Crippen molar-refractivity contribution in [1.29, 1.82) is 0 Å². The molecule has 0 bridgehead atoms. The van der Waals surface area contributed by atoms with E-state index in [0.29, 0.717) is 5.39 Å². The van der Waals surface area contributed by atoms with Crippen LogP contribution in [-0.4, -0.2) is 36.2 Å². The Morgan fingerprint density at radius 1 is 1.14 bits per heavy atom. The maximum Gasteiger partial charge on any atom is 1.00 e. The molecule has 0 saturated heterocycles. The Kier molecular flexibility index (Phi) is 8.48. The Labute approximate surface area is 240 Å². The van der Waals surface area contributed by atoms with Crippen molar-refractivity contribution < 1.29 is 78.1 Å². The number of hydrogen-bond donors (Lipinski definition) is 1. The van der Waals surface area contributed by atoms with Gasteiger partial charge < -0.3 is 18.9 Å². The Balaban J connectivity index is 0.00000342. The SMILES string of the molecule is CNS(=O)(=O)[N-]c1nccc(C(=O)c2c(C)c3ccc(Oc4ncccn4)cc3oc2=O)c1F.[K+]. The molecule has 0 aliphatic rings. The number of halogens is 1. The second kappa shape index (κ2) is 11.0. The maximum absolute atomic E-state index is 14.9. The minimum absolute atomic E-state index is 0. The summed E-state index contributed by atoms with van der Waals surface area (Å²) in [4.78, 5) is 37.2. The number of rotatable bonds is 7. The topological polar surface area (TPSA) is 155 Å². The summed E-state index contributed by atoms with van der Waals surface area (Å²) in [6.45, 7) is 1.50. The van der Waals surface area contributed by atoms with Gasteiger partial charge in [0.15, 0.2) is 0 Å². The monoisotopic (exact) mass is 523 g/mol. The normalized spacial score (nSPS) is 11.1. The van der Waals surface area contributed by atoms with Crippen LogP contribution in [0.25, 0.3) is 15.7 Å². The number of carbonyl (C=O) groups is 1. The van der Waals surface area contributed by atoms with Crippen molar-refractivity contribution >= 4 is 32.8 Å². The first-order valence-electron chi connectivity index (χ1n) is 9.58. The molecule has 3 heterocycles. The van der Waals surface area contributed by atoms with E-state index in [1.165, 1.54) is 25.4 Å². The number of ether oxygens (including phenoxy) is 1. The second-order valence-electron chi connectivity index (χ2n) is 6.78. The first-order chi connectivity index (χ1) is 16.2. The van der Waals surface area contributed by atoms with Crippen molar-refractivity contribution in [3.63, 3.8) is 0 Å². The van der Waals surface area contributed by atoms with Crippen LogP contribution in [0.5, 0.6) is 11.8 Å². The molecule has 3 aromatic heterocycles. The van der Waals surface area contributed by atoms with E-state index in [0.717, 1.165) is 19.3 Å². The summed E-state index contributed by atoms with van der Waals surface area (Å²) in [7, 11) is -3.13. The van der Waals surface area contributed by atoms with Crippen LogP contribution in [0, 0.1) is 12.7 Å². The Morgan fingerprint density at radius 3 is 2.54 bits per heavy atom. The second-order valence-corrected chi connectivity index (χ2v) is 8.32. The van der Waals surface area contributed by atoms with Crippen LogP contribution in [0.1, 0.15) is 21.5 Å². The summed E-state index contributed by atoms with van der Waals surface area (Å²) >= 11 is 0. The van der Waals surface area contributed by atoms with Crippen LogP contribution in [0.4, 0.5) is 10.2 Å². The minimum atomic E-state index is -4.21. The van der Waals surface area contributed by atoms with E-state index in [-0.39, 0.29) is 74.3 Å².